The predicted octanol–water partition coefficient (Wildman–Crippen LogP) is 2.29. The minimum Gasteiger partial charge on any atom is -0.497 e. The van der Waals surface area contributed by atoms with E-state index in [-0.39, 0.29) is 0 Å². The maximum atomic E-state index is 5.83. The fraction of sp³-hybridized carbons (Fsp3) is 0.214. The molecule has 4 heteroatoms. The van der Waals surface area contributed by atoms with Crippen LogP contribution in [0.3, 0.4) is 0 Å². The van der Waals surface area contributed by atoms with Crippen LogP contribution in [0.1, 0.15) is 5.56 Å². The van der Waals surface area contributed by atoms with Crippen LogP contribution < -0.4 is 15.2 Å². The molecule has 2 rings (SSSR count). The van der Waals surface area contributed by atoms with Gasteiger partial charge in [-0.3, -0.25) is 4.98 Å². The molecule has 0 radical (unpaired) electrons. The Balaban J connectivity index is 1.86. The second kappa shape index (κ2) is 5.91. The molecular formula is C14H16N2O2. The van der Waals surface area contributed by atoms with Crippen LogP contribution in [-0.2, 0) is 6.42 Å². The van der Waals surface area contributed by atoms with E-state index in [0.29, 0.717) is 6.61 Å². The molecule has 0 atom stereocenters. The van der Waals surface area contributed by atoms with Gasteiger partial charge < -0.3 is 15.2 Å². The second-order valence-corrected chi connectivity index (χ2v) is 3.85. The van der Waals surface area contributed by atoms with Gasteiger partial charge in [0.2, 0.25) is 0 Å². The number of nitrogens with zero attached hydrogens (tertiary/aromatic N) is 1. The lowest BCUT2D eigenvalue weighted by Crippen LogP contribution is -2.04. The number of nitrogens with two attached hydrogens (primary N) is 1. The second-order valence-electron chi connectivity index (χ2n) is 3.85. The molecule has 0 saturated heterocycles. The summed E-state index contributed by atoms with van der Waals surface area (Å²) in [5.74, 6) is 1.64. The molecule has 0 unspecified atom stereocenters. The first-order valence-corrected chi connectivity index (χ1v) is 5.75. The number of rotatable bonds is 5. The Morgan fingerprint density at radius 2 is 1.83 bits per heavy atom. The van der Waals surface area contributed by atoms with Gasteiger partial charge in [-0.2, -0.15) is 0 Å². The van der Waals surface area contributed by atoms with Gasteiger partial charge in [-0.25, -0.2) is 0 Å². The Bertz CT molecular complexity index is 497. The van der Waals surface area contributed by atoms with Crippen LogP contribution in [0.25, 0.3) is 0 Å². The summed E-state index contributed by atoms with van der Waals surface area (Å²) in [5, 5.41) is 0. The summed E-state index contributed by atoms with van der Waals surface area (Å²) in [7, 11) is 1.64. The number of methoxy groups -OCH3 is 1. The van der Waals surface area contributed by atoms with E-state index < -0.39 is 0 Å². The van der Waals surface area contributed by atoms with Crippen LogP contribution in [-0.4, -0.2) is 18.7 Å². The van der Waals surface area contributed by atoms with Crippen LogP contribution in [0.5, 0.6) is 11.5 Å². The zero-order valence-electron chi connectivity index (χ0n) is 10.3. The predicted molar refractivity (Wildman–Crippen MR) is 70.8 cm³/mol. The van der Waals surface area contributed by atoms with Crippen molar-refractivity contribution >= 4 is 5.69 Å². The Morgan fingerprint density at radius 1 is 1.11 bits per heavy atom. The van der Waals surface area contributed by atoms with E-state index >= 15 is 0 Å². The first-order chi connectivity index (χ1) is 8.79. The number of hydrogen-bond donors (Lipinski definition) is 1. The summed E-state index contributed by atoms with van der Waals surface area (Å²) >= 11 is 0. The van der Waals surface area contributed by atoms with Gasteiger partial charge in [0.15, 0.2) is 0 Å². The van der Waals surface area contributed by atoms with Crippen molar-refractivity contribution in [2.24, 2.45) is 0 Å². The van der Waals surface area contributed by atoms with Gasteiger partial charge in [0.05, 0.1) is 13.7 Å². The van der Waals surface area contributed by atoms with Crippen LogP contribution in [0, 0.1) is 0 Å². The summed E-state index contributed by atoms with van der Waals surface area (Å²) in [6, 6.07) is 9.29. The van der Waals surface area contributed by atoms with Crippen molar-refractivity contribution in [2.45, 2.75) is 6.42 Å². The summed E-state index contributed by atoms with van der Waals surface area (Å²) in [4.78, 5) is 4.04. The van der Waals surface area contributed by atoms with Crippen molar-refractivity contribution < 1.29 is 9.47 Å². The molecular weight excluding hydrogens is 228 g/mol. The highest BCUT2D eigenvalue weighted by Crippen LogP contribution is 2.17. The van der Waals surface area contributed by atoms with Crippen LogP contribution in [0.2, 0.25) is 0 Å². The van der Waals surface area contributed by atoms with Crippen molar-refractivity contribution in [2.75, 3.05) is 19.5 Å². The third-order valence-electron chi connectivity index (χ3n) is 2.64. The average Bonchev–Trinajstić information content (AvgIpc) is 2.42. The number of hydrogen-bond acceptors (Lipinski definition) is 4. The van der Waals surface area contributed by atoms with Crippen molar-refractivity contribution in [3.05, 3.63) is 48.3 Å². The summed E-state index contributed by atoms with van der Waals surface area (Å²) in [6.07, 6.45) is 4.20. The lowest BCUT2D eigenvalue weighted by molar-refractivity contribution is 0.321. The number of ether oxygens (including phenoxy) is 2. The van der Waals surface area contributed by atoms with Gasteiger partial charge in [0.1, 0.15) is 11.5 Å². The molecule has 18 heavy (non-hydrogen) atoms. The molecule has 0 bridgehead atoms. The van der Waals surface area contributed by atoms with Gasteiger partial charge in [-0.15, -0.1) is 0 Å². The van der Waals surface area contributed by atoms with E-state index in [1.54, 1.807) is 25.6 Å². The first-order valence-electron chi connectivity index (χ1n) is 5.75. The summed E-state index contributed by atoms with van der Waals surface area (Å²) < 4.78 is 10.7. The molecule has 0 aliphatic carbocycles. The van der Waals surface area contributed by atoms with Crippen molar-refractivity contribution in [1.82, 2.24) is 4.98 Å². The third kappa shape index (κ3) is 3.13. The van der Waals surface area contributed by atoms with E-state index in [1.807, 2.05) is 24.3 Å². The van der Waals surface area contributed by atoms with Gasteiger partial charge in [-0.1, -0.05) is 0 Å². The van der Waals surface area contributed by atoms with Crippen LogP contribution in [0.4, 0.5) is 5.69 Å². The van der Waals surface area contributed by atoms with Gasteiger partial charge in [-0.05, 0) is 35.9 Å². The fourth-order valence-corrected chi connectivity index (χ4v) is 1.60. The monoisotopic (exact) mass is 244 g/mol. The van der Waals surface area contributed by atoms with E-state index in [9.17, 15) is 0 Å². The minimum atomic E-state index is 0.572. The molecule has 2 aromatic rings. The van der Waals surface area contributed by atoms with Gasteiger partial charge in [0, 0.05) is 24.5 Å². The molecule has 0 aliphatic heterocycles. The highest BCUT2D eigenvalue weighted by atomic mass is 16.5. The van der Waals surface area contributed by atoms with E-state index in [2.05, 4.69) is 4.98 Å². The van der Waals surface area contributed by atoms with E-state index in [0.717, 1.165) is 29.2 Å². The Labute approximate surface area is 106 Å². The molecule has 4 nitrogen and oxygen atoms in total. The Kier molecular flexibility index (Phi) is 4.02. The quantitative estimate of drug-likeness (QED) is 0.876. The van der Waals surface area contributed by atoms with Crippen molar-refractivity contribution in [1.29, 1.82) is 0 Å². The lowest BCUT2D eigenvalue weighted by Gasteiger charge is -2.08. The largest absolute Gasteiger partial charge is 0.497 e. The molecule has 0 saturated carbocycles. The molecule has 1 aromatic carbocycles. The highest BCUT2D eigenvalue weighted by Gasteiger charge is 2.00. The first kappa shape index (κ1) is 12.2. The summed E-state index contributed by atoms with van der Waals surface area (Å²) in [6.45, 7) is 0.572. The normalized spacial score (nSPS) is 10.1. The Hall–Kier alpha value is -2.23. The van der Waals surface area contributed by atoms with Crippen LogP contribution >= 0.6 is 0 Å². The molecule has 0 fully saturated rings. The number of anilines is 1. The van der Waals surface area contributed by atoms with E-state index in [4.69, 9.17) is 15.2 Å². The highest BCUT2D eigenvalue weighted by molar-refractivity contribution is 5.44. The number of aromatic nitrogens is 1. The molecule has 0 aliphatic rings. The average molecular weight is 244 g/mol. The molecule has 0 spiro atoms. The standard InChI is InChI=1S/C14H16N2O2/c1-17-12-2-4-13(5-3-12)18-9-7-11-10-16-8-6-14(11)15/h2-6,8,10H,7,9H2,1H3,(H2,15,16). The maximum Gasteiger partial charge on any atom is 0.119 e. The zero-order chi connectivity index (χ0) is 12.8. The van der Waals surface area contributed by atoms with Crippen molar-refractivity contribution in [3.63, 3.8) is 0 Å². The summed E-state index contributed by atoms with van der Waals surface area (Å²) in [5.41, 5.74) is 7.58. The number of nitrogen functional groups attached to an aromatic ring is 1. The molecule has 2 N–H and O–H groups in total. The molecule has 94 valence electrons. The topological polar surface area (TPSA) is 57.4 Å². The number of benzene rings is 1. The Morgan fingerprint density at radius 3 is 2.50 bits per heavy atom. The fourth-order valence-electron chi connectivity index (χ4n) is 1.60. The smallest absolute Gasteiger partial charge is 0.119 e. The molecule has 0 amide bonds. The SMILES string of the molecule is COc1ccc(OCCc2cnccc2N)cc1. The zero-order valence-corrected chi connectivity index (χ0v) is 10.3. The van der Waals surface area contributed by atoms with Gasteiger partial charge in [0.25, 0.3) is 0 Å². The maximum absolute atomic E-state index is 5.83. The van der Waals surface area contributed by atoms with Crippen LogP contribution in [0.15, 0.2) is 42.7 Å². The lowest BCUT2D eigenvalue weighted by atomic mass is 10.2. The molecule has 1 heterocycles. The number of pyridine rings is 1. The molecule has 1 aromatic heterocycles. The van der Waals surface area contributed by atoms with Gasteiger partial charge >= 0.3 is 0 Å². The van der Waals surface area contributed by atoms with Crippen molar-refractivity contribution in [3.8, 4) is 11.5 Å². The minimum absolute atomic E-state index is 0.572. The third-order valence-corrected chi connectivity index (χ3v) is 2.64. The van der Waals surface area contributed by atoms with E-state index in [1.165, 1.54) is 0 Å².